The number of carbonyl (C=O) groups is 1. The molecule has 3 aromatic carbocycles. The van der Waals surface area contributed by atoms with E-state index in [0.29, 0.717) is 34.7 Å². The van der Waals surface area contributed by atoms with Gasteiger partial charge in [-0.05, 0) is 46.1 Å². The van der Waals surface area contributed by atoms with Gasteiger partial charge in [-0.15, -0.1) is 0 Å². The van der Waals surface area contributed by atoms with Crippen LogP contribution in [-0.2, 0) is 13.2 Å². The van der Waals surface area contributed by atoms with Crippen LogP contribution in [0.2, 0.25) is 0 Å². The summed E-state index contributed by atoms with van der Waals surface area (Å²) in [5.74, 6) is 0.905. The van der Waals surface area contributed by atoms with Gasteiger partial charge in [-0.25, -0.2) is 0 Å². The fourth-order valence-electron chi connectivity index (χ4n) is 2.71. The predicted molar refractivity (Wildman–Crippen MR) is 114 cm³/mol. The Morgan fingerprint density at radius 1 is 1.00 bits per heavy atom. The number of halogens is 1. The zero-order valence-corrected chi connectivity index (χ0v) is 17.5. The molecule has 0 aromatic heterocycles. The Balaban J connectivity index is 1.71. The quantitative estimate of drug-likeness (QED) is 0.544. The highest BCUT2D eigenvalue weighted by atomic mass is 79.9. The van der Waals surface area contributed by atoms with Gasteiger partial charge in [-0.3, -0.25) is 4.79 Å². The van der Waals surface area contributed by atoms with E-state index in [1.54, 1.807) is 19.2 Å². The molecule has 0 saturated carbocycles. The number of carbonyl (C=O) groups excluding carboxylic acids is 1. The Kier molecular flexibility index (Phi) is 6.71. The summed E-state index contributed by atoms with van der Waals surface area (Å²) in [4.78, 5) is 12.5. The Morgan fingerprint density at radius 3 is 2.39 bits per heavy atom. The van der Waals surface area contributed by atoms with Crippen LogP contribution in [0.15, 0.2) is 71.2 Å². The lowest BCUT2D eigenvalue weighted by molar-refractivity contribution is 0.0950. The van der Waals surface area contributed by atoms with Crippen LogP contribution in [0.4, 0.5) is 0 Å². The number of hydrogen-bond donors (Lipinski definition) is 1. The molecule has 1 N–H and O–H groups in total. The lowest BCUT2D eigenvalue weighted by atomic mass is 10.1. The normalized spacial score (nSPS) is 10.4. The van der Waals surface area contributed by atoms with Crippen LogP contribution in [0.1, 0.15) is 27.0 Å². The van der Waals surface area contributed by atoms with Crippen molar-refractivity contribution in [1.82, 2.24) is 5.32 Å². The van der Waals surface area contributed by atoms with E-state index >= 15 is 0 Å². The van der Waals surface area contributed by atoms with E-state index in [2.05, 4.69) is 21.2 Å². The molecule has 0 atom stereocenters. The monoisotopic (exact) mass is 439 g/mol. The van der Waals surface area contributed by atoms with Gasteiger partial charge in [0.1, 0.15) is 6.61 Å². The van der Waals surface area contributed by atoms with Crippen molar-refractivity contribution in [3.63, 3.8) is 0 Å². The fourth-order valence-corrected chi connectivity index (χ4v) is 3.27. The summed E-state index contributed by atoms with van der Waals surface area (Å²) in [5.41, 5.74) is 3.81. The van der Waals surface area contributed by atoms with Gasteiger partial charge in [0.15, 0.2) is 11.5 Å². The van der Waals surface area contributed by atoms with Crippen molar-refractivity contribution in [2.24, 2.45) is 0 Å². The number of nitrogens with one attached hydrogen (secondary N) is 1. The third-order valence-corrected chi connectivity index (χ3v) is 4.88. The highest BCUT2D eigenvalue weighted by molar-refractivity contribution is 9.10. The second-order valence-electron chi connectivity index (χ2n) is 6.43. The molecule has 0 unspecified atom stereocenters. The topological polar surface area (TPSA) is 47.6 Å². The molecule has 0 aliphatic carbocycles. The lowest BCUT2D eigenvalue weighted by Crippen LogP contribution is -2.22. The van der Waals surface area contributed by atoms with E-state index in [1.807, 2.05) is 61.5 Å². The lowest BCUT2D eigenvalue weighted by Gasteiger charge is -2.15. The summed E-state index contributed by atoms with van der Waals surface area (Å²) in [6.45, 7) is 2.92. The number of benzene rings is 3. The summed E-state index contributed by atoms with van der Waals surface area (Å²) in [6, 6.07) is 21.4. The minimum Gasteiger partial charge on any atom is -0.493 e. The fraction of sp³-hybridized carbons (Fsp3) is 0.174. The molecule has 0 radical (unpaired) electrons. The molecule has 144 valence electrons. The second kappa shape index (κ2) is 9.42. The average Bonchev–Trinajstić information content (AvgIpc) is 2.72. The smallest absolute Gasteiger partial charge is 0.251 e. The molecule has 3 aromatic rings. The summed E-state index contributed by atoms with van der Waals surface area (Å²) in [5, 5.41) is 2.92. The third-order valence-electron chi connectivity index (χ3n) is 4.29. The van der Waals surface area contributed by atoms with Crippen LogP contribution >= 0.6 is 15.9 Å². The SMILES string of the molecule is COc1cc(C(=O)NCc2ccccc2)cc(Br)c1OCc1ccc(C)cc1. The molecule has 5 heteroatoms. The molecule has 0 bridgehead atoms. The zero-order chi connectivity index (χ0) is 19.9. The maximum atomic E-state index is 12.5. The molecule has 28 heavy (non-hydrogen) atoms. The van der Waals surface area contributed by atoms with Crippen LogP contribution in [0.5, 0.6) is 11.5 Å². The highest BCUT2D eigenvalue weighted by Gasteiger charge is 2.16. The summed E-state index contributed by atoms with van der Waals surface area (Å²) < 4.78 is 12.1. The largest absolute Gasteiger partial charge is 0.493 e. The first-order chi connectivity index (χ1) is 13.6. The Morgan fingerprint density at radius 2 is 1.71 bits per heavy atom. The minimum absolute atomic E-state index is 0.173. The maximum absolute atomic E-state index is 12.5. The molecule has 0 fully saturated rings. The van der Waals surface area contributed by atoms with E-state index < -0.39 is 0 Å². The van der Waals surface area contributed by atoms with E-state index in [9.17, 15) is 4.79 Å². The van der Waals surface area contributed by atoms with Crippen LogP contribution in [-0.4, -0.2) is 13.0 Å². The maximum Gasteiger partial charge on any atom is 0.251 e. The molecule has 0 aliphatic heterocycles. The summed E-state index contributed by atoms with van der Waals surface area (Å²) >= 11 is 3.50. The van der Waals surface area contributed by atoms with Crippen molar-refractivity contribution in [2.75, 3.05) is 7.11 Å². The Labute approximate surface area is 173 Å². The summed E-state index contributed by atoms with van der Waals surface area (Å²) in [7, 11) is 1.56. The van der Waals surface area contributed by atoms with Gasteiger partial charge in [-0.2, -0.15) is 0 Å². The van der Waals surface area contributed by atoms with Gasteiger partial charge < -0.3 is 14.8 Å². The van der Waals surface area contributed by atoms with Gasteiger partial charge >= 0.3 is 0 Å². The molecule has 1 amide bonds. The van der Waals surface area contributed by atoms with Gasteiger partial charge in [0, 0.05) is 12.1 Å². The van der Waals surface area contributed by atoms with Gasteiger partial charge in [0.2, 0.25) is 0 Å². The Bertz CT molecular complexity index is 940. The molecular weight excluding hydrogens is 418 g/mol. The Hall–Kier alpha value is -2.79. The molecule has 4 nitrogen and oxygen atoms in total. The number of aryl methyl sites for hydroxylation is 1. The molecule has 3 rings (SSSR count). The van der Waals surface area contributed by atoms with E-state index in [4.69, 9.17) is 9.47 Å². The van der Waals surface area contributed by atoms with Gasteiger partial charge in [0.25, 0.3) is 5.91 Å². The van der Waals surface area contributed by atoms with Crippen molar-refractivity contribution in [3.05, 3.63) is 93.5 Å². The van der Waals surface area contributed by atoms with Gasteiger partial charge in [0.05, 0.1) is 11.6 Å². The van der Waals surface area contributed by atoms with Crippen LogP contribution in [0.3, 0.4) is 0 Å². The van der Waals surface area contributed by atoms with E-state index in [-0.39, 0.29) is 5.91 Å². The van der Waals surface area contributed by atoms with Crippen molar-refractivity contribution in [1.29, 1.82) is 0 Å². The number of methoxy groups -OCH3 is 1. The second-order valence-corrected chi connectivity index (χ2v) is 7.29. The number of amides is 1. The highest BCUT2D eigenvalue weighted by Crippen LogP contribution is 2.37. The molecular formula is C23H22BrNO3. The van der Waals surface area contributed by atoms with Crippen molar-refractivity contribution >= 4 is 21.8 Å². The predicted octanol–water partition coefficient (Wildman–Crippen LogP) is 5.28. The molecule has 0 aliphatic rings. The molecule has 0 saturated heterocycles. The van der Waals surface area contributed by atoms with Gasteiger partial charge in [-0.1, -0.05) is 60.2 Å². The number of rotatable bonds is 7. The zero-order valence-electron chi connectivity index (χ0n) is 15.9. The van der Waals surface area contributed by atoms with E-state index in [0.717, 1.165) is 11.1 Å². The standard InChI is InChI=1S/C23H22BrNO3/c1-16-8-10-18(11-9-16)15-28-22-20(24)12-19(13-21(22)27-2)23(26)25-14-17-6-4-3-5-7-17/h3-13H,14-15H2,1-2H3,(H,25,26). The minimum atomic E-state index is -0.173. The number of hydrogen-bond acceptors (Lipinski definition) is 3. The summed E-state index contributed by atoms with van der Waals surface area (Å²) in [6.07, 6.45) is 0. The van der Waals surface area contributed by atoms with Crippen molar-refractivity contribution < 1.29 is 14.3 Å². The first kappa shape index (κ1) is 20.0. The first-order valence-corrected chi connectivity index (χ1v) is 9.74. The third kappa shape index (κ3) is 5.14. The molecule has 0 heterocycles. The van der Waals surface area contributed by atoms with Crippen LogP contribution in [0, 0.1) is 6.92 Å². The van der Waals surface area contributed by atoms with E-state index in [1.165, 1.54) is 5.56 Å². The van der Waals surface area contributed by atoms with Crippen molar-refractivity contribution in [2.45, 2.75) is 20.1 Å². The van der Waals surface area contributed by atoms with Crippen molar-refractivity contribution in [3.8, 4) is 11.5 Å². The molecule has 0 spiro atoms. The average molecular weight is 440 g/mol. The first-order valence-electron chi connectivity index (χ1n) is 8.95. The number of ether oxygens (including phenoxy) is 2. The van der Waals surface area contributed by atoms with Crippen LogP contribution in [0.25, 0.3) is 0 Å². The van der Waals surface area contributed by atoms with Crippen LogP contribution < -0.4 is 14.8 Å².